The molecule has 1 fully saturated rings. The number of pyridine rings is 1. The topological polar surface area (TPSA) is 28.2 Å². The van der Waals surface area contributed by atoms with Crippen LogP contribution >= 0.6 is 0 Å². The molecule has 19 heavy (non-hydrogen) atoms. The van der Waals surface area contributed by atoms with Gasteiger partial charge in [-0.1, -0.05) is 13.3 Å². The van der Waals surface area contributed by atoms with Crippen LogP contribution in [0.1, 0.15) is 38.2 Å². The fourth-order valence-corrected chi connectivity index (χ4v) is 2.85. The third-order valence-corrected chi connectivity index (χ3v) is 3.99. The lowest BCUT2D eigenvalue weighted by atomic mass is 10.0. The lowest BCUT2D eigenvalue weighted by molar-refractivity contribution is 0.147. The zero-order chi connectivity index (χ0) is 13.3. The fourth-order valence-electron chi connectivity index (χ4n) is 2.85. The van der Waals surface area contributed by atoms with E-state index < -0.39 is 0 Å². The van der Waals surface area contributed by atoms with Crippen LogP contribution in [-0.2, 0) is 6.42 Å². The van der Waals surface area contributed by atoms with E-state index >= 15 is 0 Å². The van der Waals surface area contributed by atoms with Gasteiger partial charge >= 0.3 is 0 Å². The van der Waals surface area contributed by atoms with Gasteiger partial charge in [-0.2, -0.15) is 0 Å². The van der Waals surface area contributed by atoms with Crippen LogP contribution in [0, 0.1) is 0 Å². The molecule has 0 saturated carbocycles. The summed E-state index contributed by atoms with van der Waals surface area (Å²) in [5, 5.41) is 3.58. The second kappa shape index (κ2) is 8.28. The summed E-state index contributed by atoms with van der Waals surface area (Å²) in [6, 6.07) is 5.00. The van der Waals surface area contributed by atoms with Crippen LogP contribution < -0.4 is 5.32 Å². The maximum absolute atomic E-state index is 4.08. The van der Waals surface area contributed by atoms with Crippen LogP contribution in [0.3, 0.4) is 0 Å². The Kier molecular flexibility index (Phi) is 6.31. The van der Waals surface area contributed by atoms with Crippen molar-refractivity contribution in [3.63, 3.8) is 0 Å². The van der Waals surface area contributed by atoms with Gasteiger partial charge in [0.1, 0.15) is 0 Å². The van der Waals surface area contributed by atoms with E-state index in [0.29, 0.717) is 0 Å². The van der Waals surface area contributed by atoms with Crippen molar-refractivity contribution in [1.29, 1.82) is 0 Å². The summed E-state index contributed by atoms with van der Waals surface area (Å²) in [7, 11) is 0. The Hall–Kier alpha value is -0.930. The summed E-state index contributed by atoms with van der Waals surface area (Å²) in [4.78, 5) is 6.75. The molecule has 0 aromatic carbocycles. The molecule has 3 heteroatoms. The largest absolute Gasteiger partial charge is 0.315 e. The number of hydrogen-bond acceptors (Lipinski definition) is 3. The highest BCUT2D eigenvalue weighted by molar-refractivity contribution is 5.10. The minimum absolute atomic E-state index is 0.738. The van der Waals surface area contributed by atoms with E-state index in [0.717, 1.165) is 25.6 Å². The number of piperidine rings is 1. The molecule has 1 aromatic heterocycles. The second-order valence-electron chi connectivity index (χ2n) is 5.50. The zero-order valence-electron chi connectivity index (χ0n) is 12.1. The summed E-state index contributed by atoms with van der Waals surface area (Å²) in [6.07, 6.45) is 10.3. The summed E-state index contributed by atoms with van der Waals surface area (Å²) >= 11 is 0. The number of nitrogens with one attached hydrogen (secondary N) is 1. The van der Waals surface area contributed by atoms with E-state index in [9.17, 15) is 0 Å². The molecule has 0 radical (unpaired) electrons. The molecule has 1 unspecified atom stereocenters. The lowest BCUT2D eigenvalue weighted by Crippen LogP contribution is -2.46. The molecule has 1 atom stereocenters. The van der Waals surface area contributed by atoms with E-state index in [4.69, 9.17) is 0 Å². The number of hydrogen-bond donors (Lipinski definition) is 1. The number of likely N-dealkylation sites (tertiary alicyclic amines) is 1. The van der Waals surface area contributed by atoms with Crippen molar-refractivity contribution in [3.05, 3.63) is 30.1 Å². The van der Waals surface area contributed by atoms with Crippen LogP contribution in [0.25, 0.3) is 0 Å². The Labute approximate surface area is 117 Å². The molecule has 1 aliphatic heterocycles. The highest BCUT2D eigenvalue weighted by Gasteiger charge is 2.21. The van der Waals surface area contributed by atoms with E-state index in [2.05, 4.69) is 34.3 Å². The normalized spacial score (nSPS) is 20.6. The Morgan fingerprint density at radius 1 is 1.32 bits per heavy atom. The van der Waals surface area contributed by atoms with Crippen molar-refractivity contribution < 1.29 is 0 Å². The zero-order valence-corrected chi connectivity index (χ0v) is 12.1. The van der Waals surface area contributed by atoms with Gasteiger partial charge < -0.3 is 5.32 Å². The summed E-state index contributed by atoms with van der Waals surface area (Å²) in [5.41, 5.74) is 1.40. The quantitative estimate of drug-likeness (QED) is 0.764. The molecule has 2 heterocycles. The van der Waals surface area contributed by atoms with Gasteiger partial charge in [0.2, 0.25) is 0 Å². The van der Waals surface area contributed by atoms with Gasteiger partial charge in [0.05, 0.1) is 0 Å². The fraction of sp³-hybridized carbons (Fsp3) is 0.688. The van der Waals surface area contributed by atoms with Gasteiger partial charge in [-0.25, -0.2) is 0 Å². The lowest BCUT2D eigenvalue weighted by Gasteiger charge is -2.36. The molecule has 0 aliphatic carbocycles. The van der Waals surface area contributed by atoms with Crippen LogP contribution in [0.15, 0.2) is 24.5 Å². The molecule has 0 spiro atoms. The Balaban J connectivity index is 1.78. The van der Waals surface area contributed by atoms with Crippen LogP contribution in [0.5, 0.6) is 0 Å². The highest BCUT2D eigenvalue weighted by Crippen LogP contribution is 2.17. The van der Waals surface area contributed by atoms with Gasteiger partial charge in [-0.05, 0) is 56.5 Å². The van der Waals surface area contributed by atoms with E-state index in [-0.39, 0.29) is 0 Å². The number of rotatable bonds is 7. The molecule has 2 rings (SSSR count). The number of nitrogens with zero attached hydrogens (tertiary/aromatic N) is 2. The molecule has 3 nitrogen and oxygen atoms in total. The maximum Gasteiger partial charge on any atom is 0.0270 e. The first-order valence-corrected chi connectivity index (χ1v) is 7.74. The SMILES string of the molecule is CCCNCC1CCCCN1CCc1ccncc1. The van der Waals surface area contributed by atoms with Crippen molar-refractivity contribution in [2.45, 2.75) is 45.1 Å². The van der Waals surface area contributed by atoms with Crippen LogP contribution in [0.2, 0.25) is 0 Å². The van der Waals surface area contributed by atoms with Crippen molar-refractivity contribution in [2.75, 3.05) is 26.2 Å². The first kappa shape index (κ1) is 14.5. The van der Waals surface area contributed by atoms with Gasteiger partial charge in [0.25, 0.3) is 0 Å². The summed E-state index contributed by atoms with van der Waals surface area (Å²) < 4.78 is 0. The summed E-state index contributed by atoms with van der Waals surface area (Å²) in [6.45, 7) is 6.99. The predicted molar refractivity (Wildman–Crippen MR) is 80.3 cm³/mol. The Morgan fingerprint density at radius 3 is 2.95 bits per heavy atom. The Bertz CT molecular complexity index is 339. The van der Waals surface area contributed by atoms with Crippen molar-refractivity contribution in [3.8, 4) is 0 Å². The van der Waals surface area contributed by atoms with Gasteiger partial charge in [-0.15, -0.1) is 0 Å². The predicted octanol–water partition coefficient (Wildman–Crippen LogP) is 2.48. The number of aromatic nitrogens is 1. The van der Waals surface area contributed by atoms with Gasteiger partial charge in [0, 0.05) is 31.5 Å². The molecule has 106 valence electrons. The molecular formula is C16H27N3. The van der Waals surface area contributed by atoms with Crippen molar-refractivity contribution >= 4 is 0 Å². The van der Waals surface area contributed by atoms with E-state index in [1.807, 2.05) is 12.4 Å². The van der Waals surface area contributed by atoms with E-state index in [1.54, 1.807) is 0 Å². The second-order valence-corrected chi connectivity index (χ2v) is 5.50. The molecule has 1 N–H and O–H groups in total. The minimum Gasteiger partial charge on any atom is -0.315 e. The molecule has 0 amide bonds. The molecule has 1 aliphatic rings. The van der Waals surface area contributed by atoms with Crippen molar-refractivity contribution in [2.24, 2.45) is 0 Å². The molecule has 1 saturated heterocycles. The Morgan fingerprint density at radius 2 is 2.16 bits per heavy atom. The highest BCUT2D eigenvalue weighted by atomic mass is 15.2. The van der Waals surface area contributed by atoms with Crippen LogP contribution in [-0.4, -0.2) is 42.1 Å². The molecule has 0 bridgehead atoms. The standard InChI is InChI=1S/C16H27N3/c1-2-9-18-14-16-5-3-4-12-19(16)13-8-15-6-10-17-11-7-15/h6-7,10-11,16,18H,2-5,8-9,12-14H2,1H3. The third-order valence-electron chi connectivity index (χ3n) is 3.99. The monoisotopic (exact) mass is 261 g/mol. The van der Waals surface area contributed by atoms with Crippen LogP contribution in [0.4, 0.5) is 0 Å². The third kappa shape index (κ3) is 4.92. The van der Waals surface area contributed by atoms with Gasteiger partial charge in [0.15, 0.2) is 0 Å². The average Bonchev–Trinajstić information content (AvgIpc) is 2.48. The molecular weight excluding hydrogens is 234 g/mol. The van der Waals surface area contributed by atoms with E-state index in [1.165, 1.54) is 44.3 Å². The average molecular weight is 261 g/mol. The molecule has 1 aromatic rings. The first-order chi connectivity index (χ1) is 9.40. The maximum atomic E-state index is 4.08. The minimum atomic E-state index is 0.738. The smallest absolute Gasteiger partial charge is 0.0270 e. The van der Waals surface area contributed by atoms with Gasteiger partial charge in [-0.3, -0.25) is 9.88 Å². The summed E-state index contributed by atoms with van der Waals surface area (Å²) in [5.74, 6) is 0. The first-order valence-electron chi connectivity index (χ1n) is 7.74. The van der Waals surface area contributed by atoms with Crippen molar-refractivity contribution in [1.82, 2.24) is 15.2 Å².